The molecule has 2 aromatic carbocycles. The molecule has 7 heteroatoms. The number of nitrogens with one attached hydrogen (secondary N) is 1. The number of hydrogen-bond acceptors (Lipinski definition) is 4. The number of aryl methyl sites for hydroxylation is 2. The number of carbonyl (C=O) groups excluding carboxylic acids is 1. The molecule has 144 valence electrons. The van der Waals surface area contributed by atoms with Gasteiger partial charge in [0, 0.05) is 19.2 Å². The zero-order valence-electron chi connectivity index (χ0n) is 15.4. The molecule has 28 heavy (non-hydrogen) atoms. The molecule has 1 N–H and O–H groups in total. The Bertz CT molecular complexity index is 1060. The van der Waals surface area contributed by atoms with Crippen molar-refractivity contribution in [1.29, 1.82) is 0 Å². The lowest BCUT2D eigenvalue weighted by Crippen LogP contribution is -2.23. The highest BCUT2D eigenvalue weighted by atomic mass is 35.5. The third kappa shape index (κ3) is 3.82. The van der Waals surface area contributed by atoms with Crippen LogP contribution in [0.2, 0.25) is 5.02 Å². The van der Waals surface area contributed by atoms with Gasteiger partial charge in [0.05, 0.1) is 16.1 Å². The molecule has 4 rings (SSSR count). The lowest BCUT2D eigenvalue weighted by Gasteiger charge is -2.07. The highest BCUT2D eigenvalue weighted by Gasteiger charge is 2.17. The number of aromatic nitrogens is 2. The minimum atomic E-state index is -0.152. The number of rotatable bonds is 6. The number of para-hydroxylation sites is 2. The van der Waals surface area contributed by atoms with E-state index in [0.29, 0.717) is 23.1 Å². The topological polar surface area (TPSA) is 65.4 Å². The molecule has 0 saturated carbocycles. The van der Waals surface area contributed by atoms with Crippen LogP contribution in [0.1, 0.15) is 17.8 Å². The number of amides is 1. The average molecular weight is 398 g/mol. The second kappa shape index (κ2) is 7.94. The minimum absolute atomic E-state index is 0.152. The maximum atomic E-state index is 12.1. The van der Waals surface area contributed by atoms with Crippen molar-refractivity contribution in [2.75, 3.05) is 13.3 Å². The van der Waals surface area contributed by atoms with Crippen molar-refractivity contribution in [3.8, 4) is 11.5 Å². The Kier molecular flexibility index (Phi) is 5.21. The van der Waals surface area contributed by atoms with Crippen molar-refractivity contribution in [1.82, 2.24) is 14.9 Å². The van der Waals surface area contributed by atoms with E-state index in [4.69, 9.17) is 21.1 Å². The molecular weight excluding hydrogens is 378 g/mol. The quantitative estimate of drug-likeness (QED) is 0.505. The molecule has 0 radical (unpaired) electrons. The van der Waals surface area contributed by atoms with Gasteiger partial charge in [-0.2, -0.15) is 0 Å². The first-order valence-corrected chi connectivity index (χ1v) is 9.46. The van der Waals surface area contributed by atoms with Gasteiger partial charge in [-0.15, -0.1) is 0 Å². The number of nitrogens with zero attached hydrogens (tertiary/aromatic N) is 2. The summed E-state index contributed by atoms with van der Waals surface area (Å²) in [5, 5.41) is 3.37. The van der Waals surface area contributed by atoms with Crippen LogP contribution in [0.25, 0.3) is 17.1 Å². The Hall–Kier alpha value is -2.99. The van der Waals surface area contributed by atoms with Crippen LogP contribution < -0.4 is 14.8 Å². The number of fused-ring (bicyclic) bond motifs is 2. The monoisotopic (exact) mass is 397 g/mol. The van der Waals surface area contributed by atoms with Gasteiger partial charge >= 0.3 is 0 Å². The maximum Gasteiger partial charge on any atom is 0.244 e. The van der Waals surface area contributed by atoms with E-state index in [1.54, 1.807) is 18.2 Å². The van der Waals surface area contributed by atoms with Crippen LogP contribution >= 0.6 is 11.6 Å². The van der Waals surface area contributed by atoms with Crippen LogP contribution in [0.3, 0.4) is 0 Å². The van der Waals surface area contributed by atoms with Gasteiger partial charge in [-0.05, 0) is 49.2 Å². The fourth-order valence-corrected chi connectivity index (χ4v) is 3.52. The lowest BCUT2D eigenvalue weighted by molar-refractivity contribution is -0.116. The average Bonchev–Trinajstić information content (AvgIpc) is 3.28. The van der Waals surface area contributed by atoms with E-state index in [-0.39, 0.29) is 12.7 Å². The van der Waals surface area contributed by atoms with Gasteiger partial charge in [-0.25, -0.2) is 4.98 Å². The number of hydrogen-bond donors (Lipinski definition) is 1. The smallest absolute Gasteiger partial charge is 0.244 e. The summed E-state index contributed by atoms with van der Waals surface area (Å²) in [5.41, 5.74) is 2.89. The zero-order valence-corrected chi connectivity index (χ0v) is 16.2. The lowest BCUT2D eigenvalue weighted by atomic mass is 10.2. The van der Waals surface area contributed by atoms with E-state index < -0.39 is 0 Å². The highest BCUT2D eigenvalue weighted by Crippen LogP contribution is 2.40. The van der Waals surface area contributed by atoms with Crippen LogP contribution in [-0.2, 0) is 11.3 Å². The van der Waals surface area contributed by atoms with Gasteiger partial charge in [-0.1, -0.05) is 23.7 Å². The molecule has 0 fully saturated rings. The summed E-state index contributed by atoms with van der Waals surface area (Å²) in [5.74, 6) is 1.97. The molecule has 0 aliphatic carbocycles. The number of imidazole rings is 1. The summed E-state index contributed by atoms with van der Waals surface area (Å²) in [6, 6.07) is 11.6. The predicted octanol–water partition coefficient (Wildman–Crippen LogP) is 3.95. The van der Waals surface area contributed by atoms with Crippen LogP contribution in [0.4, 0.5) is 0 Å². The number of benzene rings is 2. The van der Waals surface area contributed by atoms with E-state index in [1.807, 2.05) is 25.1 Å². The maximum absolute atomic E-state index is 12.1. The molecule has 1 aliphatic rings. The molecule has 0 bridgehead atoms. The van der Waals surface area contributed by atoms with E-state index >= 15 is 0 Å². The van der Waals surface area contributed by atoms with Crippen molar-refractivity contribution < 1.29 is 14.3 Å². The van der Waals surface area contributed by atoms with Crippen molar-refractivity contribution in [3.63, 3.8) is 0 Å². The molecule has 6 nitrogen and oxygen atoms in total. The van der Waals surface area contributed by atoms with Crippen molar-refractivity contribution >= 4 is 34.6 Å². The molecule has 1 aromatic heterocycles. The van der Waals surface area contributed by atoms with Crippen LogP contribution in [0.5, 0.6) is 11.5 Å². The van der Waals surface area contributed by atoms with E-state index in [2.05, 4.69) is 20.9 Å². The molecule has 0 spiro atoms. The summed E-state index contributed by atoms with van der Waals surface area (Å²) >= 11 is 6.15. The fraction of sp³-hybridized carbons (Fsp3) is 0.238. The summed E-state index contributed by atoms with van der Waals surface area (Å²) in [7, 11) is 0. The standard InChI is InChI=1S/C21H20ClN3O3/c1-14-24-17-5-2-3-6-18(17)25(14)10-4-9-23-20(26)8-7-15-11-16(22)21-19(12-15)27-13-28-21/h2-3,5-8,11-12H,4,9-10,13H2,1H3,(H,23,26)/b8-7+. The van der Waals surface area contributed by atoms with Crippen LogP contribution in [0.15, 0.2) is 42.5 Å². The highest BCUT2D eigenvalue weighted by molar-refractivity contribution is 6.32. The molecule has 2 heterocycles. The van der Waals surface area contributed by atoms with E-state index in [0.717, 1.165) is 35.4 Å². The number of halogens is 1. The van der Waals surface area contributed by atoms with Gasteiger partial charge in [-0.3, -0.25) is 4.79 Å². The van der Waals surface area contributed by atoms with E-state index in [1.165, 1.54) is 6.08 Å². The Labute approximate surface area is 167 Å². The van der Waals surface area contributed by atoms with Crippen molar-refractivity contribution in [3.05, 3.63) is 58.9 Å². The molecule has 0 unspecified atom stereocenters. The van der Waals surface area contributed by atoms with Crippen molar-refractivity contribution in [2.24, 2.45) is 0 Å². The molecule has 0 saturated heterocycles. The SMILES string of the molecule is Cc1nc2ccccc2n1CCCNC(=O)/C=C/c1cc(Cl)c2c(c1)OCO2. The largest absolute Gasteiger partial charge is 0.454 e. The predicted molar refractivity (Wildman–Crippen MR) is 109 cm³/mol. The molecular formula is C21H20ClN3O3. The summed E-state index contributed by atoms with van der Waals surface area (Å²) in [6.45, 7) is 3.54. The Balaban J connectivity index is 1.30. The Morgan fingerprint density at radius 1 is 1.32 bits per heavy atom. The number of carbonyl (C=O) groups is 1. The normalized spacial score (nSPS) is 12.8. The number of ether oxygens (including phenoxy) is 2. The molecule has 1 aliphatic heterocycles. The first-order chi connectivity index (χ1) is 13.6. The van der Waals surface area contributed by atoms with Gasteiger partial charge in [0.25, 0.3) is 0 Å². The van der Waals surface area contributed by atoms with Crippen LogP contribution in [-0.4, -0.2) is 28.8 Å². The van der Waals surface area contributed by atoms with E-state index in [9.17, 15) is 4.79 Å². The van der Waals surface area contributed by atoms with Crippen molar-refractivity contribution in [2.45, 2.75) is 19.9 Å². The van der Waals surface area contributed by atoms with Gasteiger partial charge < -0.3 is 19.4 Å². The molecule has 3 aromatic rings. The van der Waals surface area contributed by atoms with Gasteiger partial charge in [0.1, 0.15) is 5.82 Å². The summed E-state index contributed by atoms with van der Waals surface area (Å²) in [4.78, 5) is 16.6. The Morgan fingerprint density at radius 3 is 3.07 bits per heavy atom. The Morgan fingerprint density at radius 2 is 2.18 bits per heavy atom. The first-order valence-electron chi connectivity index (χ1n) is 9.09. The van der Waals surface area contributed by atoms with Gasteiger partial charge in [0.15, 0.2) is 11.5 Å². The second-order valence-electron chi connectivity index (χ2n) is 6.51. The molecule has 0 atom stereocenters. The second-order valence-corrected chi connectivity index (χ2v) is 6.92. The summed E-state index contributed by atoms with van der Waals surface area (Å²) < 4.78 is 12.8. The third-order valence-corrected chi connectivity index (χ3v) is 4.86. The summed E-state index contributed by atoms with van der Waals surface area (Å²) in [6.07, 6.45) is 4.01. The molecule has 1 amide bonds. The first kappa shape index (κ1) is 18.4. The minimum Gasteiger partial charge on any atom is -0.454 e. The third-order valence-electron chi connectivity index (χ3n) is 4.58. The van der Waals surface area contributed by atoms with Gasteiger partial charge in [0.2, 0.25) is 12.7 Å². The zero-order chi connectivity index (χ0) is 19.5. The van der Waals surface area contributed by atoms with Crippen LogP contribution in [0, 0.1) is 6.92 Å². The fourth-order valence-electron chi connectivity index (χ4n) is 3.24.